The maximum absolute atomic E-state index is 11.5. The van der Waals surface area contributed by atoms with E-state index in [4.69, 9.17) is 4.74 Å². The number of aliphatic hydroxyl groups is 1. The smallest absolute Gasteiger partial charge is 0.407 e. The molecule has 1 saturated carbocycles. The van der Waals surface area contributed by atoms with E-state index in [2.05, 4.69) is 5.32 Å². The second-order valence-corrected chi connectivity index (χ2v) is 4.98. The molecule has 1 aromatic rings. The van der Waals surface area contributed by atoms with Crippen molar-refractivity contribution in [2.45, 2.75) is 32.0 Å². The molecule has 5 heteroatoms. The summed E-state index contributed by atoms with van der Waals surface area (Å²) in [6.07, 6.45) is 0.632. The number of hydrogen-bond acceptors (Lipinski definition) is 4. The fraction of sp³-hybridized carbons (Fsp3) is 0.467. The van der Waals surface area contributed by atoms with Gasteiger partial charge >= 0.3 is 6.09 Å². The Bertz CT molecular complexity index is 460. The van der Waals surface area contributed by atoms with Crippen molar-refractivity contribution in [1.29, 1.82) is 0 Å². The Balaban J connectivity index is 1.68. The lowest BCUT2D eigenvalue weighted by atomic mass is 10.00. The first kappa shape index (κ1) is 14.5. The number of ketones is 1. The highest BCUT2D eigenvalue weighted by Gasteiger charge is 2.30. The summed E-state index contributed by atoms with van der Waals surface area (Å²) in [7, 11) is 0. The first-order valence-corrected chi connectivity index (χ1v) is 6.82. The van der Waals surface area contributed by atoms with Crippen molar-refractivity contribution >= 4 is 11.9 Å². The van der Waals surface area contributed by atoms with E-state index < -0.39 is 12.2 Å². The minimum Gasteiger partial charge on any atom is -0.445 e. The first-order valence-electron chi connectivity index (χ1n) is 6.82. The van der Waals surface area contributed by atoms with Gasteiger partial charge in [-0.05, 0) is 18.4 Å². The molecule has 0 bridgehead atoms. The van der Waals surface area contributed by atoms with E-state index in [1.807, 2.05) is 30.3 Å². The topological polar surface area (TPSA) is 75.6 Å². The van der Waals surface area contributed by atoms with E-state index in [1.54, 1.807) is 0 Å². The van der Waals surface area contributed by atoms with Gasteiger partial charge in [-0.1, -0.05) is 30.3 Å². The first-order chi connectivity index (χ1) is 9.66. The lowest BCUT2D eigenvalue weighted by Gasteiger charge is -2.16. The summed E-state index contributed by atoms with van der Waals surface area (Å²) < 4.78 is 5.02. The molecule has 0 aromatic heterocycles. The average molecular weight is 277 g/mol. The molecule has 1 fully saturated rings. The van der Waals surface area contributed by atoms with Gasteiger partial charge in [-0.3, -0.25) is 4.79 Å². The fourth-order valence-electron chi connectivity index (χ4n) is 2.35. The molecule has 2 atom stereocenters. The van der Waals surface area contributed by atoms with E-state index >= 15 is 0 Å². The zero-order chi connectivity index (χ0) is 14.4. The number of carbonyl (C=O) groups excluding carboxylic acids is 2. The zero-order valence-electron chi connectivity index (χ0n) is 11.2. The quantitative estimate of drug-likeness (QED) is 0.858. The van der Waals surface area contributed by atoms with Crippen LogP contribution in [0.4, 0.5) is 4.79 Å². The number of alkyl carbamates (subject to hydrolysis) is 1. The molecule has 2 N–H and O–H groups in total. The van der Waals surface area contributed by atoms with Gasteiger partial charge in [0.05, 0.1) is 6.10 Å². The standard InChI is InChI=1S/C15H19NO4/c17-13-8-4-7-12(13)14(18)9-16-15(19)20-10-11-5-2-1-3-6-11/h1-3,5-6,12,14,18H,4,7-10H2,(H,16,19)/t12-,14?/m0/s1. The van der Waals surface area contributed by atoms with Crippen molar-refractivity contribution < 1.29 is 19.4 Å². The van der Waals surface area contributed by atoms with Crippen molar-refractivity contribution in [1.82, 2.24) is 5.32 Å². The molecular formula is C15H19NO4. The van der Waals surface area contributed by atoms with Gasteiger partial charge in [0.1, 0.15) is 12.4 Å². The molecule has 0 heterocycles. The maximum atomic E-state index is 11.5. The number of carbonyl (C=O) groups is 2. The highest BCUT2D eigenvalue weighted by molar-refractivity contribution is 5.83. The van der Waals surface area contributed by atoms with E-state index in [1.165, 1.54) is 0 Å². The van der Waals surface area contributed by atoms with Gasteiger partial charge in [-0.25, -0.2) is 4.79 Å². The largest absolute Gasteiger partial charge is 0.445 e. The molecule has 0 aliphatic heterocycles. The molecule has 2 rings (SSSR count). The number of aliphatic hydroxyl groups excluding tert-OH is 1. The van der Waals surface area contributed by atoms with Crippen LogP contribution >= 0.6 is 0 Å². The summed E-state index contributed by atoms with van der Waals surface area (Å²) >= 11 is 0. The Morgan fingerprint density at radius 2 is 2.15 bits per heavy atom. The van der Waals surface area contributed by atoms with Crippen LogP contribution in [0, 0.1) is 5.92 Å². The van der Waals surface area contributed by atoms with E-state index in [-0.39, 0.29) is 24.9 Å². The summed E-state index contributed by atoms with van der Waals surface area (Å²) in [5.41, 5.74) is 0.897. The van der Waals surface area contributed by atoms with Crippen LogP contribution < -0.4 is 5.32 Å². The number of Topliss-reactive ketones (excluding diaryl/α,β-unsaturated/α-hetero) is 1. The molecule has 1 aliphatic carbocycles. The minimum atomic E-state index is -0.825. The molecule has 1 amide bonds. The van der Waals surface area contributed by atoms with Crippen molar-refractivity contribution in [3.63, 3.8) is 0 Å². The van der Waals surface area contributed by atoms with Gasteiger partial charge in [0.2, 0.25) is 0 Å². The number of nitrogens with one attached hydrogen (secondary N) is 1. The second-order valence-electron chi connectivity index (χ2n) is 4.98. The molecule has 1 unspecified atom stereocenters. The van der Waals surface area contributed by atoms with Crippen molar-refractivity contribution in [2.75, 3.05) is 6.54 Å². The third-order valence-corrected chi connectivity index (χ3v) is 3.48. The van der Waals surface area contributed by atoms with Crippen LogP contribution in [-0.4, -0.2) is 29.6 Å². The van der Waals surface area contributed by atoms with Crippen LogP contribution in [0.5, 0.6) is 0 Å². The van der Waals surface area contributed by atoms with Gasteiger partial charge in [-0.15, -0.1) is 0 Å². The molecule has 1 aromatic carbocycles. The van der Waals surface area contributed by atoms with Crippen LogP contribution in [0.15, 0.2) is 30.3 Å². The summed E-state index contributed by atoms with van der Waals surface area (Å²) in [5, 5.41) is 12.3. The number of amides is 1. The van der Waals surface area contributed by atoms with E-state index in [0.29, 0.717) is 12.8 Å². The summed E-state index contributed by atoms with van der Waals surface area (Å²) in [5.74, 6) is -0.263. The summed E-state index contributed by atoms with van der Waals surface area (Å²) in [4.78, 5) is 23.0. The predicted molar refractivity (Wildman–Crippen MR) is 73.0 cm³/mol. The maximum Gasteiger partial charge on any atom is 0.407 e. The number of benzene rings is 1. The monoisotopic (exact) mass is 277 g/mol. The molecule has 108 valence electrons. The Morgan fingerprint density at radius 3 is 2.80 bits per heavy atom. The Labute approximate surface area is 117 Å². The van der Waals surface area contributed by atoms with Crippen molar-refractivity contribution in [3.8, 4) is 0 Å². The third-order valence-electron chi connectivity index (χ3n) is 3.48. The molecule has 5 nitrogen and oxygen atoms in total. The fourth-order valence-corrected chi connectivity index (χ4v) is 2.35. The minimum absolute atomic E-state index is 0.0457. The van der Waals surface area contributed by atoms with Crippen molar-refractivity contribution in [3.05, 3.63) is 35.9 Å². The van der Waals surface area contributed by atoms with Crippen LogP contribution in [0.1, 0.15) is 24.8 Å². The van der Waals surface area contributed by atoms with Crippen LogP contribution in [-0.2, 0) is 16.1 Å². The molecule has 1 aliphatic rings. The van der Waals surface area contributed by atoms with Gasteiger partial charge < -0.3 is 15.2 Å². The molecular weight excluding hydrogens is 258 g/mol. The van der Waals surface area contributed by atoms with Gasteiger partial charge in [0.25, 0.3) is 0 Å². The molecule has 20 heavy (non-hydrogen) atoms. The third kappa shape index (κ3) is 4.06. The second kappa shape index (κ2) is 7.05. The van der Waals surface area contributed by atoms with Gasteiger partial charge in [0, 0.05) is 18.9 Å². The van der Waals surface area contributed by atoms with Crippen LogP contribution in [0.25, 0.3) is 0 Å². The van der Waals surface area contributed by atoms with E-state index in [9.17, 15) is 14.7 Å². The highest BCUT2D eigenvalue weighted by atomic mass is 16.5. The Morgan fingerprint density at radius 1 is 1.40 bits per heavy atom. The van der Waals surface area contributed by atoms with Crippen molar-refractivity contribution in [2.24, 2.45) is 5.92 Å². The Hall–Kier alpha value is -1.88. The van der Waals surface area contributed by atoms with E-state index in [0.717, 1.165) is 12.0 Å². The Kier molecular flexibility index (Phi) is 5.12. The average Bonchev–Trinajstić information content (AvgIpc) is 2.90. The van der Waals surface area contributed by atoms with Crippen LogP contribution in [0.3, 0.4) is 0 Å². The normalized spacial score (nSPS) is 19.6. The lowest BCUT2D eigenvalue weighted by Crippen LogP contribution is -2.37. The molecule has 0 spiro atoms. The number of ether oxygens (including phenoxy) is 1. The number of hydrogen-bond donors (Lipinski definition) is 2. The summed E-state index contributed by atoms with van der Waals surface area (Å²) in [6, 6.07) is 9.34. The van der Waals surface area contributed by atoms with Gasteiger partial charge in [0.15, 0.2) is 0 Å². The number of rotatable bonds is 5. The van der Waals surface area contributed by atoms with Crippen LogP contribution in [0.2, 0.25) is 0 Å². The SMILES string of the molecule is O=C(NCC(O)[C@H]1CCCC1=O)OCc1ccccc1. The highest BCUT2D eigenvalue weighted by Crippen LogP contribution is 2.24. The zero-order valence-corrected chi connectivity index (χ0v) is 11.2. The molecule has 0 saturated heterocycles. The van der Waals surface area contributed by atoms with Gasteiger partial charge in [-0.2, -0.15) is 0 Å². The lowest BCUT2D eigenvalue weighted by molar-refractivity contribution is -0.123. The predicted octanol–water partition coefficient (Wildman–Crippen LogP) is 1.64. The summed E-state index contributed by atoms with van der Waals surface area (Å²) in [6.45, 7) is 0.231. The molecule has 0 radical (unpaired) electrons.